The second-order valence-electron chi connectivity index (χ2n) is 4.08. The average molecular weight is 278 g/mol. The highest BCUT2D eigenvalue weighted by atomic mass is 32.2. The van der Waals surface area contributed by atoms with E-state index >= 15 is 0 Å². The van der Waals surface area contributed by atoms with E-state index in [2.05, 4.69) is 5.32 Å². The van der Waals surface area contributed by atoms with Crippen LogP contribution in [0.2, 0.25) is 0 Å². The molecule has 0 radical (unpaired) electrons. The van der Waals surface area contributed by atoms with E-state index < -0.39 is 26.6 Å². The molecule has 0 saturated heterocycles. The Morgan fingerprint density at radius 2 is 1.89 bits per heavy atom. The molecule has 1 aromatic carbocycles. The molecule has 0 heterocycles. The Bertz CT molecular complexity index is 530. The highest BCUT2D eigenvalue weighted by Gasteiger charge is 2.22. The summed E-state index contributed by atoms with van der Waals surface area (Å²) in [5.41, 5.74) is -0.278. The molecule has 0 bridgehead atoms. The molecule has 0 atom stereocenters. The van der Waals surface area contributed by atoms with E-state index in [1.165, 1.54) is 7.05 Å². The fourth-order valence-electron chi connectivity index (χ4n) is 1.36. The summed E-state index contributed by atoms with van der Waals surface area (Å²) in [6.07, 6.45) is 0. The van der Waals surface area contributed by atoms with Gasteiger partial charge in [0.15, 0.2) is 5.82 Å². The molecule has 0 amide bonds. The Balaban J connectivity index is 3.23. The third-order valence-electron chi connectivity index (χ3n) is 2.40. The molecule has 0 saturated carbocycles. The van der Waals surface area contributed by atoms with Crippen molar-refractivity contribution in [3.8, 4) is 0 Å². The third kappa shape index (κ3) is 3.24. The summed E-state index contributed by atoms with van der Waals surface area (Å²) in [7, 11) is -2.76. The predicted octanol–water partition coefficient (Wildman–Crippen LogP) is 1.37. The zero-order valence-corrected chi connectivity index (χ0v) is 11.2. The van der Waals surface area contributed by atoms with Crippen molar-refractivity contribution < 1.29 is 17.2 Å². The molecule has 102 valence electrons. The van der Waals surface area contributed by atoms with Crippen molar-refractivity contribution >= 4 is 10.0 Å². The first-order valence-electron chi connectivity index (χ1n) is 5.43. The molecule has 0 aliphatic carbocycles. The molecule has 0 unspecified atom stereocenters. The summed E-state index contributed by atoms with van der Waals surface area (Å²) in [6, 6.07) is 1.90. The summed E-state index contributed by atoms with van der Waals surface area (Å²) in [4.78, 5) is -0.549. The van der Waals surface area contributed by atoms with E-state index in [1.54, 1.807) is 0 Å². The van der Waals surface area contributed by atoms with Crippen molar-refractivity contribution in [3.63, 3.8) is 0 Å². The van der Waals surface area contributed by atoms with Crippen LogP contribution < -0.4 is 10.0 Å². The first-order valence-corrected chi connectivity index (χ1v) is 6.91. The van der Waals surface area contributed by atoms with E-state index in [1.807, 2.05) is 18.6 Å². The van der Waals surface area contributed by atoms with Gasteiger partial charge in [-0.05, 0) is 19.2 Å². The SMILES string of the molecule is CNS(=O)(=O)c1ccc(F)c(CNC(C)C)c1F. The Labute approximate surface area is 105 Å². The summed E-state index contributed by atoms with van der Waals surface area (Å²) in [5, 5.41) is 2.84. The number of hydrogen-bond donors (Lipinski definition) is 2. The highest BCUT2D eigenvalue weighted by molar-refractivity contribution is 7.89. The molecular formula is C11H16F2N2O2S. The second-order valence-corrected chi connectivity index (χ2v) is 5.94. The minimum Gasteiger partial charge on any atom is -0.310 e. The van der Waals surface area contributed by atoms with E-state index in [-0.39, 0.29) is 18.2 Å². The van der Waals surface area contributed by atoms with Gasteiger partial charge in [-0.25, -0.2) is 21.9 Å². The van der Waals surface area contributed by atoms with Gasteiger partial charge in [0, 0.05) is 18.2 Å². The zero-order valence-electron chi connectivity index (χ0n) is 10.4. The normalized spacial score (nSPS) is 12.1. The molecule has 0 aliphatic heterocycles. The molecule has 18 heavy (non-hydrogen) atoms. The van der Waals surface area contributed by atoms with Crippen LogP contribution in [0, 0.1) is 11.6 Å². The lowest BCUT2D eigenvalue weighted by atomic mass is 10.2. The van der Waals surface area contributed by atoms with E-state index in [0.29, 0.717) is 0 Å². The van der Waals surface area contributed by atoms with Crippen molar-refractivity contribution in [3.05, 3.63) is 29.3 Å². The summed E-state index contributed by atoms with van der Waals surface area (Å²) < 4.78 is 52.5. The number of nitrogens with one attached hydrogen (secondary N) is 2. The van der Waals surface area contributed by atoms with Crippen LogP contribution in [-0.2, 0) is 16.6 Å². The molecule has 2 N–H and O–H groups in total. The van der Waals surface area contributed by atoms with Gasteiger partial charge in [-0.2, -0.15) is 0 Å². The van der Waals surface area contributed by atoms with Crippen LogP contribution in [0.3, 0.4) is 0 Å². The minimum atomic E-state index is -3.93. The van der Waals surface area contributed by atoms with Gasteiger partial charge in [-0.15, -0.1) is 0 Å². The lowest BCUT2D eigenvalue weighted by Crippen LogP contribution is -2.25. The first kappa shape index (κ1) is 15.0. The van der Waals surface area contributed by atoms with Crippen LogP contribution in [0.4, 0.5) is 8.78 Å². The zero-order chi connectivity index (χ0) is 13.9. The van der Waals surface area contributed by atoms with Crippen LogP contribution in [0.15, 0.2) is 17.0 Å². The topological polar surface area (TPSA) is 58.2 Å². The first-order chi connectivity index (χ1) is 8.29. The quantitative estimate of drug-likeness (QED) is 0.855. The van der Waals surface area contributed by atoms with Gasteiger partial charge in [0.25, 0.3) is 0 Å². The molecule has 0 aliphatic rings. The average Bonchev–Trinajstić information content (AvgIpc) is 2.28. The molecule has 7 heteroatoms. The fourth-order valence-corrected chi connectivity index (χ4v) is 2.19. The van der Waals surface area contributed by atoms with E-state index in [0.717, 1.165) is 12.1 Å². The van der Waals surface area contributed by atoms with Gasteiger partial charge in [0.2, 0.25) is 10.0 Å². The van der Waals surface area contributed by atoms with Gasteiger partial charge in [-0.3, -0.25) is 0 Å². The van der Waals surface area contributed by atoms with E-state index in [4.69, 9.17) is 0 Å². The molecule has 4 nitrogen and oxygen atoms in total. The largest absolute Gasteiger partial charge is 0.310 e. The number of sulfonamides is 1. The number of hydrogen-bond acceptors (Lipinski definition) is 3. The molecule has 1 rings (SSSR count). The van der Waals surface area contributed by atoms with Crippen molar-refractivity contribution in [2.75, 3.05) is 7.05 Å². The molecule has 0 fully saturated rings. The summed E-state index contributed by atoms with van der Waals surface area (Å²) in [6.45, 7) is 3.58. The van der Waals surface area contributed by atoms with E-state index in [9.17, 15) is 17.2 Å². The van der Waals surface area contributed by atoms with Gasteiger partial charge >= 0.3 is 0 Å². The maximum absolute atomic E-state index is 14.0. The second kappa shape index (κ2) is 5.73. The Morgan fingerprint density at radius 3 is 2.39 bits per heavy atom. The van der Waals surface area contributed by atoms with Gasteiger partial charge in [0.1, 0.15) is 10.7 Å². The van der Waals surface area contributed by atoms with Crippen molar-refractivity contribution in [2.24, 2.45) is 0 Å². The van der Waals surface area contributed by atoms with Crippen molar-refractivity contribution in [2.45, 2.75) is 31.3 Å². The molecular weight excluding hydrogens is 262 g/mol. The lowest BCUT2D eigenvalue weighted by Gasteiger charge is -2.12. The van der Waals surface area contributed by atoms with Crippen molar-refractivity contribution in [1.29, 1.82) is 0 Å². The van der Waals surface area contributed by atoms with Crippen LogP contribution in [0.1, 0.15) is 19.4 Å². The van der Waals surface area contributed by atoms with Crippen LogP contribution in [0.5, 0.6) is 0 Å². The Kier molecular flexibility index (Phi) is 4.78. The number of benzene rings is 1. The highest BCUT2D eigenvalue weighted by Crippen LogP contribution is 2.20. The van der Waals surface area contributed by atoms with Crippen molar-refractivity contribution in [1.82, 2.24) is 10.0 Å². The number of rotatable bonds is 5. The van der Waals surface area contributed by atoms with Gasteiger partial charge in [-0.1, -0.05) is 13.8 Å². The summed E-state index contributed by atoms with van der Waals surface area (Å²) in [5.74, 6) is -1.83. The molecule has 1 aromatic rings. The fraction of sp³-hybridized carbons (Fsp3) is 0.455. The minimum absolute atomic E-state index is 0.0355. The van der Waals surface area contributed by atoms with Gasteiger partial charge in [0.05, 0.1) is 0 Å². The standard InChI is InChI=1S/C11H16F2N2O2S/c1-7(2)15-6-8-9(12)4-5-10(11(8)13)18(16,17)14-3/h4-5,7,14-15H,6H2,1-3H3. The predicted molar refractivity (Wildman–Crippen MR) is 64.6 cm³/mol. The monoisotopic (exact) mass is 278 g/mol. The smallest absolute Gasteiger partial charge is 0.243 e. The molecule has 0 aromatic heterocycles. The maximum Gasteiger partial charge on any atom is 0.243 e. The molecule has 0 spiro atoms. The Morgan fingerprint density at radius 1 is 1.28 bits per heavy atom. The Hall–Kier alpha value is -1.05. The number of halogens is 2. The van der Waals surface area contributed by atoms with Crippen LogP contribution >= 0.6 is 0 Å². The third-order valence-corrected chi connectivity index (χ3v) is 3.83. The maximum atomic E-state index is 14.0. The van der Waals surface area contributed by atoms with Crippen LogP contribution in [-0.4, -0.2) is 21.5 Å². The summed E-state index contributed by atoms with van der Waals surface area (Å²) >= 11 is 0. The van der Waals surface area contributed by atoms with Gasteiger partial charge < -0.3 is 5.32 Å². The van der Waals surface area contributed by atoms with Crippen LogP contribution in [0.25, 0.3) is 0 Å². The lowest BCUT2D eigenvalue weighted by molar-refractivity contribution is 0.498.